The summed E-state index contributed by atoms with van der Waals surface area (Å²) in [6, 6.07) is 5.30. The minimum Gasteiger partial charge on any atom is -0.508 e. The predicted molar refractivity (Wildman–Crippen MR) is 57.7 cm³/mol. The lowest BCUT2D eigenvalue weighted by atomic mass is 10.0. The van der Waals surface area contributed by atoms with Gasteiger partial charge in [-0.25, -0.2) is 0 Å². The fourth-order valence-electron chi connectivity index (χ4n) is 1.36. The molecule has 4 N–H and O–H groups in total. The van der Waals surface area contributed by atoms with Crippen LogP contribution in [0, 0.1) is 0 Å². The first-order valence-corrected chi connectivity index (χ1v) is 4.85. The van der Waals surface area contributed by atoms with Crippen molar-refractivity contribution in [3.63, 3.8) is 0 Å². The summed E-state index contributed by atoms with van der Waals surface area (Å²) >= 11 is 0. The van der Waals surface area contributed by atoms with Gasteiger partial charge in [0.25, 0.3) is 0 Å². The van der Waals surface area contributed by atoms with Crippen molar-refractivity contribution in [2.24, 2.45) is 5.73 Å². The lowest BCUT2D eigenvalue weighted by molar-refractivity contribution is -0.142. The second-order valence-corrected chi connectivity index (χ2v) is 3.48. The number of ether oxygens (including phenoxy) is 1. The van der Waals surface area contributed by atoms with Crippen LogP contribution in [0.5, 0.6) is 5.75 Å². The molecule has 0 aliphatic carbocycles. The van der Waals surface area contributed by atoms with E-state index in [2.05, 4.69) is 4.74 Å². The maximum Gasteiger partial charge on any atom is 0.322 e. The van der Waals surface area contributed by atoms with Crippen molar-refractivity contribution in [3.05, 3.63) is 29.8 Å². The Kier molecular flexibility index (Phi) is 4.28. The monoisotopic (exact) mass is 225 g/mol. The van der Waals surface area contributed by atoms with E-state index in [-0.39, 0.29) is 12.2 Å². The topological polar surface area (TPSA) is 92.8 Å². The molecule has 2 atom stereocenters. The van der Waals surface area contributed by atoms with E-state index in [0.717, 1.165) is 0 Å². The smallest absolute Gasteiger partial charge is 0.322 e. The molecule has 0 aliphatic rings. The molecule has 0 spiro atoms. The Balaban J connectivity index is 2.65. The molecule has 0 amide bonds. The van der Waals surface area contributed by atoms with Gasteiger partial charge >= 0.3 is 5.97 Å². The van der Waals surface area contributed by atoms with Crippen LogP contribution in [-0.4, -0.2) is 29.3 Å². The molecule has 0 saturated heterocycles. The zero-order valence-corrected chi connectivity index (χ0v) is 8.96. The van der Waals surface area contributed by atoms with E-state index in [9.17, 15) is 15.0 Å². The van der Waals surface area contributed by atoms with Crippen molar-refractivity contribution in [1.82, 2.24) is 0 Å². The number of phenolic OH excluding ortho intramolecular Hbond substituents is 1. The number of methoxy groups -OCH3 is 1. The molecule has 1 aromatic rings. The number of aliphatic hydroxyl groups is 1. The van der Waals surface area contributed by atoms with Gasteiger partial charge in [0, 0.05) is 6.42 Å². The molecule has 5 nitrogen and oxygen atoms in total. The lowest BCUT2D eigenvalue weighted by Crippen LogP contribution is -2.33. The summed E-state index contributed by atoms with van der Waals surface area (Å²) in [5, 5.41) is 19.0. The molecule has 2 unspecified atom stereocenters. The van der Waals surface area contributed by atoms with Crippen molar-refractivity contribution in [2.45, 2.75) is 18.6 Å². The van der Waals surface area contributed by atoms with Crippen LogP contribution in [0.2, 0.25) is 0 Å². The normalized spacial score (nSPS) is 14.2. The Morgan fingerprint density at radius 3 is 2.81 bits per heavy atom. The van der Waals surface area contributed by atoms with Gasteiger partial charge in [0.15, 0.2) is 0 Å². The van der Waals surface area contributed by atoms with Crippen LogP contribution >= 0.6 is 0 Å². The number of hydrogen-bond donors (Lipinski definition) is 3. The highest BCUT2D eigenvalue weighted by molar-refractivity contribution is 5.75. The van der Waals surface area contributed by atoms with Crippen LogP contribution in [-0.2, 0) is 9.53 Å². The Bertz CT molecular complexity index is 367. The average Bonchev–Trinajstić information content (AvgIpc) is 2.27. The van der Waals surface area contributed by atoms with E-state index < -0.39 is 18.1 Å². The maximum atomic E-state index is 11.0. The highest BCUT2D eigenvalue weighted by atomic mass is 16.5. The number of carbonyl (C=O) groups is 1. The highest BCUT2D eigenvalue weighted by Gasteiger charge is 2.19. The maximum absolute atomic E-state index is 11.0. The lowest BCUT2D eigenvalue weighted by Gasteiger charge is -2.15. The Morgan fingerprint density at radius 1 is 1.56 bits per heavy atom. The molecule has 16 heavy (non-hydrogen) atoms. The van der Waals surface area contributed by atoms with Crippen molar-refractivity contribution >= 4 is 5.97 Å². The largest absolute Gasteiger partial charge is 0.508 e. The second-order valence-electron chi connectivity index (χ2n) is 3.48. The van der Waals surface area contributed by atoms with Crippen LogP contribution in [0.1, 0.15) is 18.1 Å². The number of rotatable bonds is 4. The number of nitrogens with two attached hydrogens (primary N) is 1. The fraction of sp³-hybridized carbons (Fsp3) is 0.364. The first-order chi connectivity index (χ1) is 7.54. The number of aliphatic hydroxyl groups excluding tert-OH is 1. The zero-order chi connectivity index (χ0) is 12.1. The molecule has 0 heterocycles. The molecule has 0 radical (unpaired) electrons. The first-order valence-electron chi connectivity index (χ1n) is 4.85. The fourth-order valence-corrected chi connectivity index (χ4v) is 1.36. The molecule has 0 aliphatic heterocycles. The van der Waals surface area contributed by atoms with Gasteiger partial charge in [-0.05, 0) is 17.7 Å². The Hall–Kier alpha value is -1.59. The molecule has 5 heteroatoms. The number of carbonyl (C=O) groups excluding carboxylic acids is 1. The molecule has 0 aromatic heterocycles. The van der Waals surface area contributed by atoms with Gasteiger partial charge in [-0.15, -0.1) is 0 Å². The van der Waals surface area contributed by atoms with Crippen LogP contribution in [0.25, 0.3) is 0 Å². The number of hydrogen-bond acceptors (Lipinski definition) is 5. The molecule has 88 valence electrons. The molecule has 0 saturated carbocycles. The highest BCUT2D eigenvalue weighted by Crippen LogP contribution is 2.21. The first kappa shape index (κ1) is 12.5. The number of phenols is 1. The molecule has 0 fully saturated rings. The van der Waals surface area contributed by atoms with Crippen LogP contribution in [0.3, 0.4) is 0 Å². The van der Waals surface area contributed by atoms with Gasteiger partial charge in [-0.2, -0.15) is 0 Å². The van der Waals surface area contributed by atoms with E-state index in [4.69, 9.17) is 5.73 Å². The second kappa shape index (κ2) is 5.48. The minimum atomic E-state index is -0.902. The van der Waals surface area contributed by atoms with Gasteiger partial charge in [-0.3, -0.25) is 4.79 Å². The zero-order valence-electron chi connectivity index (χ0n) is 8.96. The van der Waals surface area contributed by atoms with Gasteiger partial charge in [0.2, 0.25) is 0 Å². The van der Waals surface area contributed by atoms with Crippen LogP contribution in [0.15, 0.2) is 24.3 Å². The van der Waals surface area contributed by atoms with Crippen molar-refractivity contribution in [2.75, 3.05) is 7.11 Å². The van der Waals surface area contributed by atoms with E-state index >= 15 is 0 Å². The summed E-state index contributed by atoms with van der Waals surface area (Å²) in [5.41, 5.74) is 6.02. The van der Waals surface area contributed by atoms with E-state index in [1.54, 1.807) is 12.1 Å². The standard InChI is InChI=1S/C11H15NO4/c1-16-11(15)9(12)6-10(14)7-3-2-4-8(13)5-7/h2-5,9-10,13-14H,6,12H2,1H3. The van der Waals surface area contributed by atoms with Crippen LogP contribution < -0.4 is 5.73 Å². The Labute approximate surface area is 93.5 Å². The molecular weight excluding hydrogens is 210 g/mol. The van der Waals surface area contributed by atoms with Gasteiger partial charge in [0.1, 0.15) is 11.8 Å². The predicted octanol–water partition coefficient (Wildman–Crippen LogP) is 0.316. The van der Waals surface area contributed by atoms with Crippen LogP contribution in [0.4, 0.5) is 0 Å². The average molecular weight is 225 g/mol. The molecular formula is C11H15NO4. The Morgan fingerprint density at radius 2 is 2.25 bits per heavy atom. The van der Waals surface area contributed by atoms with E-state index in [1.165, 1.54) is 19.2 Å². The molecule has 1 aromatic carbocycles. The summed E-state index contributed by atoms with van der Waals surface area (Å²) in [6.45, 7) is 0. The third-order valence-electron chi connectivity index (χ3n) is 2.24. The quantitative estimate of drug-likeness (QED) is 0.641. The molecule has 0 bridgehead atoms. The number of esters is 1. The van der Waals surface area contributed by atoms with E-state index in [0.29, 0.717) is 5.56 Å². The SMILES string of the molecule is COC(=O)C(N)CC(O)c1cccc(O)c1. The van der Waals surface area contributed by atoms with E-state index in [1.807, 2.05) is 0 Å². The minimum absolute atomic E-state index is 0.0517. The summed E-state index contributed by atoms with van der Waals surface area (Å²) in [5.74, 6) is -0.512. The summed E-state index contributed by atoms with van der Waals surface area (Å²) in [7, 11) is 1.24. The summed E-state index contributed by atoms with van der Waals surface area (Å²) in [6.07, 6.45) is -0.850. The van der Waals surface area contributed by atoms with Crippen molar-refractivity contribution in [1.29, 1.82) is 0 Å². The van der Waals surface area contributed by atoms with Gasteiger partial charge < -0.3 is 20.7 Å². The number of benzene rings is 1. The van der Waals surface area contributed by atoms with Gasteiger partial charge in [0.05, 0.1) is 13.2 Å². The third-order valence-corrected chi connectivity index (χ3v) is 2.24. The van der Waals surface area contributed by atoms with Crippen molar-refractivity contribution in [3.8, 4) is 5.75 Å². The summed E-state index contributed by atoms with van der Waals surface area (Å²) < 4.78 is 4.45. The summed E-state index contributed by atoms with van der Waals surface area (Å²) in [4.78, 5) is 11.0. The van der Waals surface area contributed by atoms with Crippen molar-refractivity contribution < 1.29 is 19.7 Å². The number of aromatic hydroxyl groups is 1. The third kappa shape index (κ3) is 3.22. The molecule has 1 rings (SSSR count). The van der Waals surface area contributed by atoms with Gasteiger partial charge in [-0.1, -0.05) is 12.1 Å².